The first-order chi connectivity index (χ1) is 11.5. The molecule has 0 fully saturated rings. The molecule has 0 unspecified atom stereocenters. The van der Waals surface area contributed by atoms with Crippen molar-refractivity contribution in [2.24, 2.45) is 0 Å². The highest BCUT2D eigenvalue weighted by Gasteiger charge is 2.14. The molecule has 0 aromatic heterocycles. The van der Waals surface area contributed by atoms with Gasteiger partial charge in [-0.1, -0.05) is 15.9 Å². The molecule has 0 saturated heterocycles. The largest absolute Gasteiger partial charge is 0.493 e. The van der Waals surface area contributed by atoms with Gasteiger partial charge in [-0.15, -0.1) is 0 Å². The number of urea groups is 1. The van der Waals surface area contributed by atoms with Gasteiger partial charge in [-0.05, 0) is 30.7 Å². The van der Waals surface area contributed by atoms with Crippen LogP contribution in [0.2, 0.25) is 0 Å². The molecule has 0 bridgehead atoms. The van der Waals surface area contributed by atoms with Gasteiger partial charge in [0.15, 0.2) is 11.5 Å². The number of nitrogens with one attached hydrogen (secondary N) is 2. The van der Waals surface area contributed by atoms with E-state index in [2.05, 4.69) is 26.6 Å². The maximum absolute atomic E-state index is 12.2. The number of rotatable bonds is 5. The van der Waals surface area contributed by atoms with Gasteiger partial charge in [0.1, 0.15) is 0 Å². The highest BCUT2D eigenvalue weighted by atomic mass is 79.9. The van der Waals surface area contributed by atoms with E-state index in [-0.39, 0.29) is 6.03 Å². The number of amides is 2. The first-order valence-electron chi connectivity index (χ1n) is 7.12. The summed E-state index contributed by atoms with van der Waals surface area (Å²) in [6.07, 6.45) is 0. The van der Waals surface area contributed by atoms with Crippen molar-refractivity contribution in [3.05, 3.63) is 40.4 Å². The Balaban J connectivity index is 2.19. The van der Waals surface area contributed by atoms with Gasteiger partial charge >= 0.3 is 6.03 Å². The predicted molar refractivity (Wildman–Crippen MR) is 97.6 cm³/mol. The van der Waals surface area contributed by atoms with E-state index in [1.165, 1.54) is 21.3 Å². The molecule has 128 valence electrons. The molecule has 0 aliphatic rings. The van der Waals surface area contributed by atoms with Crippen LogP contribution in [0.5, 0.6) is 17.2 Å². The molecule has 6 nitrogen and oxygen atoms in total. The summed E-state index contributed by atoms with van der Waals surface area (Å²) >= 11 is 3.39. The predicted octanol–water partition coefficient (Wildman–Crippen LogP) is 4.43. The molecule has 0 radical (unpaired) electrons. The van der Waals surface area contributed by atoms with Crippen LogP contribution in [-0.4, -0.2) is 27.4 Å². The smallest absolute Gasteiger partial charge is 0.323 e. The summed E-state index contributed by atoms with van der Waals surface area (Å²) < 4.78 is 16.8. The van der Waals surface area contributed by atoms with E-state index in [9.17, 15) is 4.79 Å². The molecular formula is C17H19BrN2O4. The monoisotopic (exact) mass is 394 g/mol. The zero-order valence-electron chi connectivity index (χ0n) is 13.9. The zero-order chi connectivity index (χ0) is 17.7. The molecule has 2 aromatic rings. The number of carbonyl (C=O) groups is 1. The van der Waals surface area contributed by atoms with Crippen LogP contribution in [0.3, 0.4) is 0 Å². The Hall–Kier alpha value is -2.41. The lowest BCUT2D eigenvalue weighted by Gasteiger charge is -2.15. The number of methoxy groups -OCH3 is 3. The number of hydrogen-bond acceptors (Lipinski definition) is 4. The highest BCUT2D eigenvalue weighted by molar-refractivity contribution is 9.10. The molecule has 0 heterocycles. The van der Waals surface area contributed by atoms with E-state index < -0.39 is 0 Å². The fraction of sp³-hybridized carbons (Fsp3) is 0.235. The number of benzene rings is 2. The number of hydrogen-bond donors (Lipinski definition) is 2. The first kappa shape index (κ1) is 17.9. The zero-order valence-corrected chi connectivity index (χ0v) is 15.5. The Morgan fingerprint density at radius 3 is 2.08 bits per heavy atom. The van der Waals surface area contributed by atoms with Crippen LogP contribution in [0.1, 0.15) is 5.56 Å². The van der Waals surface area contributed by atoms with Gasteiger partial charge in [-0.3, -0.25) is 0 Å². The maximum atomic E-state index is 12.2. The van der Waals surface area contributed by atoms with Crippen LogP contribution < -0.4 is 24.8 Å². The van der Waals surface area contributed by atoms with Gasteiger partial charge < -0.3 is 24.8 Å². The summed E-state index contributed by atoms with van der Waals surface area (Å²) in [6, 6.07) is 8.57. The molecule has 2 aromatic carbocycles. The number of aryl methyl sites for hydroxylation is 1. The molecule has 0 aliphatic heterocycles. The van der Waals surface area contributed by atoms with Crippen LogP contribution in [0.25, 0.3) is 0 Å². The number of halogens is 1. The van der Waals surface area contributed by atoms with Crippen molar-refractivity contribution in [1.82, 2.24) is 0 Å². The minimum absolute atomic E-state index is 0.366. The molecule has 0 aliphatic carbocycles. The van der Waals surface area contributed by atoms with Crippen molar-refractivity contribution >= 4 is 33.3 Å². The molecule has 0 saturated carbocycles. The standard InChI is InChI=1S/C17H19BrN2O4/c1-10-7-11(18)5-6-13(10)20-17(21)19-12-8-14(22-2)16(24-4)15(9-12)23-3/h5-9H,1-4H3,(H2,19,20,21). The summed E-state index contributed by atoms with van der Waals surface area (Å²) in [5.41, 5.74) is 2.20. The normalized spacial score (nSPS) is 10.0. The molecule has 2 rings (SSSR count). The van der Waals surface area contributed by atoms with Crippen molar-refractivity contribution in [3.63, 3.8) is 0 Å². The quantitative estimate of drug-likeness (QED) is 0.786. The van der Waals surface area contributed by atoms with E-state index in [0.29, 0.717) is 22.9 Å². The third-order valence-electron chi connectivity index (χ3n) is 3.36. The number of carbonyl (C=O) groups excluding carboxylic acids is 1. The van der Waals surface area contributed by atoms with E-state index >= 15 is 0 Å². The molecular weight excluding hydrogens is 376 g/mol. The average molecular weight is 395 g/mol. The lowest BCUT2D eigenvalue weighted by molar-refractivity contribution is 0.262. The fourth-order valence-corrected chi connectivity index (χ4v) is 2.68. The fourth-order valence-electron chi connectivity index (χ4n) is 2.21. The molecule has 2 amide bonds. The van der Waals surface area contributed by atoms with Crippen molar-refractivity contribution in [3.8, 4) is 17.2 Å². The Morgan fingerprint density at radius 2 is 1.58 bits per heavy atom. The second kappa shape index (κ2) is 7.92. The Morgan fingerprint density at radius 1 is 0.958 bits per heavy atom. The average Bonchev–Trinajstić information content (AvgIpc) is 2.56. The first-order valence-corrected chi connectivity index (χ1v) is 7.92. The Labute approximate surface area is 149 Å². The van der Waals surface area contributed by atoms with Crippen LogP contribution in [0, 0.1) is 6.92 Å². The van der Waals surface area contributed by atoms with E-state index in [4.69, 9.17) is 14.2 Å². The lowest BCUT2D eigenvalue weighted by Crippen LogP contribution is -2.20. The minimum Gasteiger partial charge on any atom is -0.493 e. The van der Waals surface area contributed by atoms with Gasteiger partial charge in [0.25, 0.3) is 0 Å². The van der Waals surface area contributed by atoms with Crippen molar-refractivity contribution in [1.29, 1.82) is 0 Å². The third-order valence-corrected chi connectivity index (χ3v) is 3.85. The molecule has 2 N–H and O–H groups in total. The highest BCUT2D eigenvalue weighted by Crippen LogP contribution is 2.39. The van der Waals surface area contributed by atoms with Crippen LogP contribution in [0.4, 0.5) is 16.2 Å². The van der Waals surface area contributed by atoms with Gasteiger partial charge in [0.05, 0.1) is 27.0 Å². The Bertz CT molecular complexity index is 724. The summed E-state index contributed by atoms with van der Waals surface area (Å²) in [5.74, 6) is 1.40. The summed E-state index contributed by atoms with van der Waals surface area (Å²) in [4.78, 5) is 12.2. The van der Waals surface area contributed by atoms with E-state index in [0.717, 1.165) is 15.7 Å². The van der Waals surface area contributed by atoms with Crippen LogP contribution in [-0.2, 0) is 0 Å². The minimum atomic E-state index is -0.366. The van der Waals surface area contributed by atoms with Gasteiger partial charge in [-0.2, -0.15) is 0 Å². The molecule has 0 atom stereocenters. The number of anilines is 2. The van der Waals surface area contributed by atoms with Gasteiger partial charge in [0.2, 0.25) is 5.75 Å². The van der Waals surface area contributed by atoms with E-state index in [1.54, 1.807) is 12.1 Å². The van der Waals surface area contributed by atoms with Gasteiger partial charge in [-0.25, -0.2) is 4.79 Å². The Kier molecular flexibility index (Phi) is 5.92. The van der Waals surface area contributed by atoms with Crippen molar-refractivity contribution < 1.29 is 19.0 Å². The van der Waals surface area contributed by atoms with Crippen molar-refractivity contribution in [2.75, 3.05) is 32.0 Å². The van der Waals surface area contributed by atoms with Crippen molar-refractivity contribution in [2.45, 2.75) is 6.92 Å². The second-order valence-electron chi connectivity index (χ2n) is 4.95. The van der Waals surface area contributed by atoms with Crippen LogP contribution >= 0.6 is 15.9 Å². The summed E-state index contributed by atoms with van der Waals surface area (Å²) in [6.45, 7) is 1.92. The third kappa shape index (κ3) is 4.11. The van der Waals surface area contributed by atoms with Crippen LogP contribution in [0.15, 0.2) is 34.8 Å². The molecule has 7 heteroatoms. The summed E-state index contributed by atoms with van der Waals surface area (Å²) in [7, 11) is 4.56. The molecule has 0 spiro atoms. The SMILES string of the molecule is COc1cc(NC(=O)Nc2ccc(Br)cc2C)cc(OC)c1OC. The topological polar surface area (TPSA) is 68.8 Å². The lowest BCUT2D eigenvalue weighted by atomic mass is 10.2. The summed E-state index contributed by atoms with van der Waals surface area (Å²) in [5, 5.41) is 5.56. The van der Waals surface area contributed by atoms with E-state index in [1.807, 2.05) is 25.1 Å². The maximum Gasteiger partial charge on any atom is 0.323 e. The van der Waals surface area contributed by atoms with Gasteiger partial charge in [0, 0.05) is 22.3 Å². The molecule has 24 heavy (non-hydrogen) atoms. The second-order valence-corrected chi connectivity index (χ2v) is 5.87. The number of ether oxygens (including phenoxy) is 3.